The number of fused-ring (bicyclic) bond motifs is 1. The monoisotopic (exact) mass is 237 g/mol. The van der Waals surface area contributed by atoms with E-state index in [1.54, 1.807) is 11.3 Å². The molecule has 1 spiro atoms. The first-order valence-corrected chi connectivity index (χ1v) is 7.02. The molecule has 16 heavy (non-hydrogen) atoms. The number of nitrogens with two attached hydrogens (primary N) is 1. The van der Waals surface area contributed by atoms with Gasteiger partial charge in [-0.15, -0.1) is 11.3 Å². The summed E-state index contributed by atoms with van der Waals surface area (Å²) in [6, 6.07) is 0.754. The van der Waals surface area contributed by atoms with E-state index in [1.165, 1.54) is 36.3 Å². The van der Waals surface area contributed by atoms with Crippen molar-refractivity contribution in [1.29, 1.82) is 0 Å². The van der Waals surface area contributed by atoms with Crippen LogP contribution in [0, 0.1) is 5.41 Å². The lowest BCUT2D eigenvalue weighted by Crippen LogP contribution is -2.27. The molecule has 1 heterocycles. The van der Waals surface area contributed by atoms with Gasteiger partial charge in [0.2, 0.25) is 0 Å². The topological polar surface area (TPSA) is 50.9 Å². The molecule has 1 aromatic heterocycles. The van der Waals surface area contributed by atoms with Crippen molar-refractivity contribution in [2.75, 3.05) is 12.3 Å². The van der Waals surface area contributed by atoms with E-state index in [0.717, 1.165) is 24.1 Å². The number of anilines is 1. The molecular weight excluding hydrogens is 218 g/mol. The van der Waals surface area contributed by atoms with E-state index in [1.807, 2.05) is 0 Å². The number of hydrogen-bond acceptors (Lipinski definition) is 4. The minimum atomic E-state index is 0.557. The molecule has 88 valence electrons. The van der Waals surface area contributed by atoms with E-state index in [9.17, 15) is 0 Å². The Balaban J connectivity index is 1.70. The van der Waals surface area contributed by atoms with Crippen LogP contribution in [0.15, 0.2) is 0 Å². The Bertz CT molecular complexity index is 401. The number of nitrogens with one attached hydrogen (secondary N) is 1. The van der Waals surface area contributed by atoms with Gasteiger partial charge in [-0.2, -0.15) is 0 Å². The quantitative estimate of drug-likeness (QED) is 0.845. The first-order chi connectivity index (χ1) is 7.73. The van der Waals surface area contributed by atoms with Crippen LogP contribution in [0.3, 0.4) is 0 Å². The summed E-state index contributed by atoms with van der Waals surface area (Å²) in [5.74, 6) is 0. The minimum Gasteiger partial charge on any atom is -0.375 e. The van der Waals surface area contributed by atoms with E-state index >= 15 is 0 Å². The van der Waals surface area contributed by atoms with Crippen molar-refractivity contribution < 1.29 is 0 Å². The van der Waals surface area contributed by atoms with Gasteiger partial charge >= 0.3 is 0 Å². The molecule has 3 N–H and O–H groups in total. The van der Waals surface area contributed by atoms with Crippen LogP contribution >= 0.6 is 11.3 Å². The van der Waals surface area contributed by atoms with Crippen LogP contribution in [0.4, 0.5) is 5.13 Å². The number of nitrogens with zero attached hydrogens (tertiary/aromatic N) is 1. The zero-order valence-corrected chi connectivity index (χ0v) is 10.6. The SMILES string of the molecule is CCCNC1CC12CCc1nc(N)sc1C2. The summed E-state index contributed by atoms with van der Waals surface area (Å²) in [7, 11) is 0. The molecule has 0 amide bonds. The number of nitrogen functional groups attached to an aromatic ring is 1. The lowest BCUT2D eigenvalue weighted by molar-refractivity contribution is 0.398. The molecule has 1 saturated carbocycles. The van der Waals surface area contributed by atoms with Gasteiger partial charge < -0.3 is 11.1 Å². The smallest absolute Gasteiger partial charge is 0.180 e. The zero-order chi connectivity index (χ0) is 11.2. The Hall–Kier alpha value is -0.610. The molecule has 0 radical (unpaired) electrons. The summed E-state index contributed by atoms with van der Waals surface area (Å²) < 4.78 is 0. The molecule has 0 bridgehead atoms. The lowest BCUT2D eigenvalue weighted by atomic mass is 9.87. The van der Waals surface area contributed by atoms with Gasteiger partial charge in [0.1, 0.15) is 0 Å². The minimum absolute atomic E-state index is 0.557. The Labute approximate surface area is 100 Å². The second kappa shape index (κ2) is 3.70. The van der Waals surface area contributed by atoms with Crippen molar-refractivity contribution in [3.8, 4) is 0 Å². The molecule has 4 heteroatoms. The largest absolute Gasteiger partial charge is 0.375 e. The fourth-order valence-corrected chi connectivity index (χ4v) is 3.97. The van der Waals surface area contributed by atoms with Crippen molar-refractivity contribution in [3.63, 3.8) is 0 Å². The summed E-state index contributed by atoms with van der Waals surface area (Å²) in [6.45, 7) is 3.38. The van der Waals surface area contributed by atoms with Gasteiger partial charge in [-0.3, -0.25) is 0 Å². The second-order valence-corrected chi connectivity index (χ2v) is 6.29. The Morgan fingerprint density at radius 1 is 1.62 bits per heavy atom. The van der Waals surface area contributed by atoms with Crippen molar-refractivity contribution in [2.24, 2.45) is 5.41 Å². The molecule has 0 saturated heterocycles. The third-order valence-electron chi connectivity index (χ3n) is 4.00. The molecule has 3 rings (SSSR count). The van der Waals surface area contributed by atoms with Crippen molar-refractivity contribution >= 4 is 16.5 Å². The number of aromatic nitrogens is 1. The Kier molecular flexibility index (Phi) is 2.44. The molecular formula is C12H19N3S. The highest BCUT2D eigenvalue weighted by atomic mass is 32.1. The predicted molar refractivity (Wildman–Crippen MR) is 67.7 cm³/mol. The van der Waals surface area contributed by atoms with Gasteiger partial charge in [0, 0.05) is 10.9 Å². The van der Waals surface area contributed by atoms with E-state index < -0.39 is 0 Å². The maximum Gasteiger partial charge on any atom is 0.180 e. The van der Waals surface area contributed by atoms with E-state index in [-0.39, 0.29) is 0 Å². The van der Waals surface area contributed by atoms with Crippen molar-refractivity contribution in [2.45, 2.75) is 45.1 Å². The summed E-state index contributed by atoms with van der Waals surface area (Å²) in [4.78, 5) is 5.86. The molecule has 1 fully saturated rings. The predicted octanol–water partition coefficient (Wildman–Crippen LogP) is 1.97. The highest BCUT2D eigenvalue weighted by Crippen LogP contribution is 2.55. The zero-order valence-electron chi connectivity index (χ0n) is 9.75. The van der Waals surface area contributed by atoms with Crippen molar-refractivity contribution in [1.82, 2.24) is 10.3 Å². The van der Waals surface area contributed by atoms with Gasteiger partial charge in [0.25, 0.3) is 0 Å². The van der Waals surface area contributed by atoms with Crippen LogP contribution in [-0.2, 0) is 12.8 Å². The molecule has 0 aliphatic heterocycles. The maximum atomic E-state index is 5.77. The first kappa shape index (κ1) is 10.5. The van der Waals surface area contributed by atoms with Crippen LogP contribution in [0.25, 0.3) is 0 Å². The number of thiazole rings is 1. The Morgan fingerprint density at radius 2 is 2.50 bits per heavy atom. The molecule has 2 unspecified atom stereocenters. The fourth-order valence-electron chi connectivity index (χ4n) is 2.94. The lowest BCUT2D eigenvalue weighted by Gasteiger charge is -2.22. The molecule has 2 aliphatic rings. The molecule has 2 atom stereocenters. The van der Waals surface area contributed by atoms with E-state index in [2.05, 4.69) is 17.2 Å². The van der Waals surface area contributed by atoms with E-state index in [0.29, 0.717) is 5.41 Å². The molecule has 0 aromatic carbocycles. The van der Waals surface area contributed by atoms with Gasteiger partial charge in [0.05, 0.1) is 5.69 Å². The third-order valence-corrected chi connectivity index (χ3v) is 4.92. The normalized spacial score (nSPS) is 31.7. The van der Waals surface area contributed by atoms with E-state index in [4.69, 9.17) is 5.73 Å². The molecule has 2 aliphatic carbocycles. The number of hydrogen-bond donors (Lipinski definition) is 2. The standard InChI is InChI=1S/C12H19N3S/c1-2-5-14-10-7-12(10)4-3-8-9(6-12)16-11(13)15-8/h10,14H,2-7H2,1H3,(H2,13,15). The maximum absolute atomic E-state index is 5.77. The first-order valence-electron chi connectivity index (χ1n) is 6.21. The molecule has 3 nitrogen and oxygen atoms in total. The summed E-state index contributed by atoms with van der Waals surface area (Å²) in [6.07, 6.45) is 6.21. The number of rotatable bonds is 3. The second-order valence-electron chi connectivity index (χ2n) is 5.17. The van der Waals surface area contributed by atoms with Gasteiger partial charge in [-0.05, 0) is 44.1 Å². The van der Waals surface area contributed by atoms with Gasteiger partial charge in [0.15, 0.2) is 5.13 Å². The van der Waals surface area contributed by atoms with Crippen molar-refractivity contribution in [3.05, 3.63) is 10.6 Å². The van der Waals surface area contributed by atoms with Crippen LogP contribution in [0.2, 0.25) is 0 Å². The fraction of sp³-hybridized carbons (Fsp3) is 0.750. The highest BCUT2D eigenvalue weighted by Gasteiger charge is 2.55. The average molecular weight is 237 g/mol. The number of aryl methyl sites for hydroxylation is 1. The van der Waals surface area contributed by atoms with Gasteiger partial charge in [-0.1, -0.05) is 6.92 Å². The average Bonchev–Trinajstić information content (AvgIpc) is 2.77. The van der Waals surface area contributed by atoms with Crippen LogP contribution < -0.4 is 11.1 Å². The summed E-state index contributed by atoms with van der Waals surface area (Å²) >= 11 is 1.70. The summed E-state index contributed by atoms with van der Waals surface area (Å²) in [5.41, 5.74) is 7.60. The van der Waals surface area contributed by atoms with Crippen LogP contribution in [0.5, 0.6) is 0 Å². The Morgan fingerprint density at radius 3 is 3.31 bits per heavy atom. The summed E-state index contributed by atoms with van der Waals surface area (Å²) in [5, 5.41) is 4.41. The van der Waals surface area contributed by atoms with Crippen LogP contribution in [-0.4, -0.2) is 17.6 Å². The van der Waals surface area contributed by atoms with Gasteiger partial charge in [-0.25, -0.2) is 4.98 Å². The van der Waals surface area contributed by atoms with Crippen LogP contribution in [0.1, 0.15) is 36.8 Å². The highest BCUT2D eigenvalue weighted by molar-refractivity contribution is 7.15. The molecule has 1 aromatic rings. The third kappa shape index (κ3) is 1.64.